The lowest BCUT2D eigenvalue weighted by Crippen LogP contribution is -2.33. The van der Waals surface area contributed by atoms with Crippen LogP contribution in [0.1, 0.15) is 18.0 Å². The van der Waals surface area contributed by atoms with Gasteiger partial charge in [0.2, 0.25) is 0 Å². The third-order valence-corrected chi connectivity index (χ3v) is 2.82. The van der Waals surface area contributed by atoms with Crippen LogP contribution in [0.4, 0.5) is 0 Å². The van der Waals surface area contributed by atoms with Gasteiger partial charge in [0.15, 0.2) is 11.5 Å². The number of hydrogen-bond donors (Lipinski definition) is 3. The molecule has 0 unspecified atom stereocenters. The quantitative estimate of drug-likeness (QED) is 0.709. The van der Waals surface area contributed by atoms with Gasteiger partial charge in [-0.2, -0.15) is 0 Å². The molecular formula is C12H16N2O4. The monoisotopic (exact) mass is 252 g/mol. The Kier molecular flexibility index (Phi) is 3.69. The molecule has 6 nitrogen and oxygen atoms in total. The molecule has 1 aliphatic rings. The van der Waals surface area contributed by atoms with E-state index in [4.69, 9.17) is 26.0 Å². The summed E-state index contributed by atoms with van der Waals surface area (Å²) in [5.74, 6) is 0.265. The summed E-state index contributed by atoms with van der Waals surface area (Å²) >= 11 is 0. The lowest BCUT2D eigenvalue weighted by molar-refractivity contribution is -0.138. The normalized spacial score (nSPS) is 17.0. The van der Waals surface area contributed by atoms with E-state index in [1.54, 1.807) is 18.2 Å². The molecule has 6 heteroatoms. The molecule has 0 aliphatic carbocycles. The molecule has 0 saturated carbocycles. The Bertz CT molecular complexity index is 450. The van der Waals surface area contributed by atoms with Crippen LogP contribution >= 0.6 is 0 Å². The Balaban J connectivity index is 2.11. The summed E-state index contributed by atoms with van der Waals surface area (Å²) in [6, 6.07) is 3.94. The molecular weight excluding hydrogens is 236 g/mol. The van der Waals surface area contributed by atoms with Gasteiger partial charge in [-0.15, -0.1) is 0 Å². The molecule has 98 valence electrons. The number of carboxylic acid groups (broad SMARTS) is 1. The van der Waals surface area contributed by atoms with E-state index in [2.05, 4.69) is 0 Å². The van der Waals surface area contributed by atoms with E-state index in [0.717, 1.165) is 5.56 Å². The van der Waals surface area contributed by atoms with E-state index in [0.29, 0.717) is 24.7 Å². The summed E-state index contributed by atoms with van der Waals surface area (Å²) < 4.78 is 10.8. The zero-order valence-electron chi connectivity index (χ0n) is 9.83. The Morgan fingerprint density at radius 3 is 2.61 bits per heavy atom. The van der Waals surface area contributed by atoms with E-state index >= 15 is 0 Å². The van der Waals surface area contributed by atoms with Crippen LogP contribution in [0.25, 0.3) is 0 Å². The number of rotatable bonds is 4. The van der Waals surface area contributed by atoms with E-state index in [-0.39, 0.29) is 6.42 Å². The van der Waals surface area contributed by atoms with Gasteiger partial charge in [-0.1, -0.05) is 6.07 Å². The van der Waals surface area contributed by atoms with E-state index in [1.165, 1.54) is 0 Å². The van der Waals surface area contributed by atoms with Crippen molar-refractivity contribution in [2.75, 3.05) is 13.2 Å². The molecule has 0 bridgehead atoms. The zero-order valence-corrected chi connectivity index (χ0v) is 9.83. The maximum atomic E-state index is 10.7. The molecule has 0 radical (unpaired) electrons. The number of ether oxygens (including phenoxy) is 2. The van der Waals surface area contributed by atoms with Crippen LogP contribution in [0.15, 0.2) is 18.2 Å². The van der Waals surface area contributed by atoms with Crippen LogP contribution in [-0.4, -0.2) is 30.3 Å². The SMILES string of the molecule is N[C@H](C[C@@H](N)c1ccc2c(c1)OCCO2)C(=O)O. The smallest absolute Gasteiger partial charge is 0.320 e. The maximum Gasteiger partial charge on any atom is 0.320 e. The van der Waals surface area contributed by atoms with Crippen molar-refractivity contribution in [2.45, 2.75) is 18.5 Å². The van der Waals surface area contributed by atoms with E-state index in [9.17, 15) is 4.79 Å². The number of nitrogens with two attached hydrogens (primary N) is 2. The minimum atomic E-state index is -1.05. The van der Waals surface area contributed by atoms with Gasteiger partial charge in [-0.05, 0) is 24.1 Å². The zero-order chi connectivity index (χ0) is 13.1. The average molecular weight is 252 g/mol. The van der Waals surface area contributed by atoms with Gasteiger partial charge in [0.1, 0.15) is 19.3 Å². The van der Waals surface area contributed by atoms with Gasteiger partial charge in [-0.3, -0.25) is 4.79 Å². The number of fused-ring (bicyclic) bond motifs is 1. The van der Waals surface area contributed by atoms with Gasteiger partial charge in [0.05, 0.1) is 0 Å². The number of carboxylic acids is 1. The van der Waals surface area contributed by atoms with Crippen molar-refractivity contribution >= 4 is 5.97 Å². The number of benzene rings is 1. The fourth-order valence-electron chi connectivity index (χ4n) is 1.80. The minimum Gasteiger partial charge on any atom is -0.486 e. The van der Waals surface area contributed by atoms with Crippen molar-refractivity contribution < 1.29 is 19.4 Å². The van der Waals surface area contributed by atoms with Gasteiger partial charge >= 0.3 is 5.97 Å². The number of hydrogen-bond acceptors (Lipinski definition) is 5. The van der Waals surface area contributed by atoms with Gasteiger partial charge < -0.3 is 26.0 Å². The van der Waals surface area contributed by atoms with Crippen LogP contribution in [0, 0.1) is 0 Å². The van der Waals surface area contributed by atoms with Gasteiger partial charge in [0, 0.05) is 6.04 Å². The van der Waals surface area contributed by atoms with Crippen LogP contribution in [0.2, 0.25) is 0 Å². The molecule has 2 rings (SSSR count). The minimum absolute atomic E-state index is 0.176. The highest BCUT2D eigenvalue weighted by atomic mass is 16.6. The van der Waals surface area contributed by atoms with Crippen LogP contribution in [0.5, 0.6) is 11.5 Å². The fourth-order valence-corrected chi connectivity index (χ4v) is 1.80. The van der Waals surface area contributed by atoms with Gasteiger partial charge in [-0.25, -0.2) is 0 Å². The summed E-state index contributed by atoms with van der Waals surface area (Å²) in [5, 5.41) is 8.74. The molecule has 18 heavy (non-hydrogen) atoms. The number of carbonyl (C=O) groups is 1. The lowest BCUT2D eigenvalue weighted by Gasteiger charge is -2.21. The Hall–Kier alpha value is -1.79. The van der Waals surface area contributed by atoms with Crippen LogP contribution in [-0.2, 0) is 4.79 Å². The molecule has 0 aromatic heterocycles. The molecule has 1 aromatic carbocycles. The predicted molar refractivity (Wildman–Crippen MR) is 64.6 cm³/mol. The van der Waals surface area contributed by atoms with Crippen molar-refractivity contribution in [3.63, 3.8) is 0 Å². The summed E-state index contributed by atoms with van der Waals surface area (Å²) in [6.45, 7) is 1.03. The molecule has 0 spiro atoms. The first-order valence-electron chi connectivity index (χ1n) is 5.71. The Morgan fingerprint density at radius 1 is 1.28 bits per heavy atom. The van der Waals surface area contributed by atoms with E-state index in [1.807, 2.05) is 0 Å². The van der Waals surface area contributed by atoms with Gasteiger partial charge in [0.25, 0.3) is 0 Å². The highest BCUT2D eigenvalue weighted by Crippen LogP contribution is 2.32. The standard InChI is InChI=1S/C12H16N2O4/c13-8(6-9(14)12(15)16)7-1-2-10-11(5-7)18-4-3-17-10/h1-2,5,8-9H,3-4,6,13-14H2,(H,15,16)/t8-,9-/m1/s1. The highest BCUT2D eigenvalue weighted by molar-refractivity contribution is 5.73. The first-order valence-corrected chi connectivity index (χ1v) is 5.71. The molecule has 0 fully saturated rings. The van der Waals surface area contributed by atoms with Crippen molar-refractivity contribution in [3.05, 3.63) is 23.8 Å². The second kappa shape index (κ2) is 5.24. The summed E-state index contributed by atoms with van der Waals surface area (Å²) in [4.78, 5) is 10.7. The summed E-state index contributed by atoms with van der Waals surface area (Å²) in [5.41, 5.74) is 12.2. The fraction of sp³-hybridized carbons (Fsp3) is 0.417. The molecule has 1 aromatic rings. The Morgan fingerprint density at radius 2 is 1.94 bits per heavy atom. The Labute approximate surface area is 104 Å². The third-order valence-electron chi connectivity index (χ3n) is 2.82. The molecule has 5 N–H and O–H groups in total. The maximum absolute atomic E-state index is 10.7. The molecule has 1 heterocycles. The molecule has 0 amide bonds. The number of aliphatic carboxylic acids is 1. The van der Waals surface area contributed by atoms with Crippen LogP contribution < -0.4 is 20.9 Å². The third kappa shape index (κ3) is 2.72. The summed E-state index contributed by atoms with van der Waals surface area (Å²) in [7, 11) is 0. The van der Waals surface area contributed by atoms with Crippen LogP contribution in [0.3, 0.4) is 0 Å². The first-order chi connectivity index (χ1) is 8.58. The topological polar surface area (TPSA) is 108 Å². The largest absolute Gasteiger partial charge is 0.486 e. The second-order valence-electron chi connectivity index (χ2n) is 4.19. The lowest BCUT2D eigenvalue weighted by atomic mass is 10.00. The van der Waals surface area contributed by atoms with Crippen molar-refractivity contribution in [1.29, 1.82) is 0 Å². The van der Waals surface area contributed by atoms with Crippen molar-refractivity contribution in [2.24, 2.45) is 11.5 Å². The molecule has 1 aliphatic heterocycles. The van der Waals surface area contributed by atoms with Crippen molar-refractivity contribution in [3.8, 4) is 11.5 Å². The van der Waals surface area contributed by atoms with E-state index < -0.39 is 18.1 Å². The highest BCUT2D eigenvalue weighted by Gasteiger charge is 2.19. The predicted octanol–water partition coefficient (Wildman–Crippen LogP) is 0.260. The first kappa shape index (κ1) is 12.7. The van der Waals surface area contributed by atoms with Crippen molar-refractivity contribution in [1.82, 2.24) is 0 Å². The summed E-state index contributed by atoms with van der Waals surface area (Å²) in [6.07, 6.45) is 0.176. The molecule has 0 saturated heterocycles. The second-order valence-corrected chi connectivity index (χ2v) is 4.19. The average Bonchev–Trinajstić information content (AvgIpc) is 2.37. The molecule has 2 atom stereocenters.